The third-order valence-corrected chi connectivity index (χ3v) is 3.25. The zero-order valence-corrected chi connectivity index (χ0v) is 12.1. The number of benzene rings is 2. The molecule has 0 spiro atoms. The molecule has 118 valence electrons. The highest BCUT2D eigenvalue weighted by atomic mass is 16.6. The number of nitrogens with zero attached hydrogens (tertiary/aromatic N) is 2. The van der Waals surface area contributed by atoms with E-state index in [2.05, 4.69) is 10.1 Å². The largest absolute Gasteiger partial charge is 0.508 e. The van der Waals surface area contributed by atoms with Crippen molar-refractivity contribution < 1.29 is 24.3 Å². The van der Waals surface area contributed by atoms with E-state index in [1.807, 2.05) is 18.2 Å². The molecule has 2 aromatic carbocycles. The van der Waals surface area contributed by atoms with Gasteiger partial charge in [0, 0.05) is 12.0 Å². The number of carbonyl (C=O) groups is 1. The summed E-state index contributed by atoms with van der Waals surface area (Å²) >= 11 is 0. The van der Waals surface area contributed by atoms with E-state index >= 15 is 0 Å². The Bertz CT molecular complexity index is 843. The molecular weight excluding hydrogens is 300 g/mol. The summed E-state index contributed by atoms with van der Waals surface area (Å²) in [5.41, 5.74) is 0.757. The number of fused-ring (bicyclic) bond motifs is 1. The number of carboxylic acid groups (broad SMARTS) is 1. The van der Waals surface area contributed by atoms with Gasteiger partial charge in [0.1, 0.15) is 5.75 Å². The number of phenols is 1. The number of phenolic OH excluding ortho intramolecular Hbond substituents is 1. The van der Waals surface area contributed by atoms with Gasteiger partial charge in [-0.1, -0.05) is 23.4 Å². The molecule has 3 rings (SSSR count). The lowest BCUT2D eigenvalue weighted by atomic mass is 10.1. The van der Waals surface area contributed by atoms with Gasteiger partial charge in [-0.25, -0.2) is 0 Å². The molecule has 7 heteroatoms. The summed E-state index contributed by atoms with van der Waals surface area (Å²) in [6.45, 7) is 0.199. The quantitative estimate of drug-likeness (QED) is 0.674. The number of ether oxygens (including phenoxy) is 1. The van der Waals surface area contributed by atoms with Gasteiger partial charge < -0.3 is 14.9 Å². The number of aliphatic carboxylic acids is 1. The van der Waals surface area contributed by atoms with Crippen LogP contribution in [-0.2, 0) is 4.79 Å². The predicted molar refractivity (Wildman–Crippen MR) is 81.3 cm³/mol. The van der Waals surface area contributed by atoms with Gasteiger partial charge >= 0.3 is 12.0 Å². The molecule has 0 bridgehead atoms. The van der Waals surface area contributed by atoms with Crippen molar-refractivity contribution in [3.05, 3.63) is 36.4 Å². The van der Waals surface area contributed by atoms with Gasteiger partial charge in [-0.05, 0) is 35.4 Å². The molecule has 0 aliphatic heterocycles. The Morgan fingerprint density at radius 3 is 2.78 bits per heavy atom. The Hall–Kier alpha value is -3.09. The van der Waals surface area contributed by atoms with E-state index < -0.39 is 5.97 Å². The number of aromatic nitrogens is 2. The molecule has 0 saturated heterocycles. The van der Waals surface area contributed by atoms with Crippen molar-refractivity contribution in [2.75, 3.05) is 6.61 Å². The van der Waals surface area contributed by atoms with Crippen molar-refractivity contribution in [1.29, 1.82) is 0 Å². The molecule has 0 radical (unpaired) electrons. The molecule has 1 aromatic heterocycles. The maximum Gasteiger partial charge on any atom is 0.417 e. The van der Waals surface area contributed by atoms with Gasteiger partial charge in [0.05, 0.1) is 6.61 Å². The van der Waals surface area contributed by atoms with Crippen LogP contribution in [0.2, 0.25) is 0 Å². The first-order valence-electron chi connectivity index (χ1n) is 7.03. The molecule has 0 unspecified atom stereocenters. The zero-order chi connectivity index (χ0) is 16.2. The predicted octanol–water partition coefficient (Wildman–Crippen LogP) is 2.84. The molecule has 7 nitrogen and oxygen atoms in total. The van der Waals surface area contributed by atoms with Crippen LogP contribution in [0.3, 0.4) is 0 Å². The summed E-state index contributed by atoms with van der Waals surface area (Å²) in [6, 6.07) is 10.6. The summed E-state index contributed by atoms with van der Waals surface area (Å²) < 4.78 is 10.2. The number of carboxylic acids is 1. The number of hydrogen-bond acceptors (Lipinski definition) is 6. The summed E-state index contributed by atoms with van der Waals surface area (Å²) in [7, 11) is 0. The van der Waals surface area contributed by atoms with Crippen molar-refractivity contribution in [1.82, 2.24) is 10.1 Å². The van der Waals surface area contributed by atoms with E-state index in [-0.39, 0.29) is 24.9 Å². The fraction of sp³-hybridized carbons (Fsp3) is 0.188. The molecule has 0 fully saturated rings. The molecular formula is C16H14N2O5. The first-order valence-corrected chi connectivity index (χ1v) is 7.03. The Kier molecular flexibility index (Phi) is 4.09. The smallest absolute Gasteiger partial charge is 0.417 e. The lowest BCUT2D eigenvalue weighted by Gasteiger charge is -2.00. The van der Waals surface area contributed by atoms with Crippen molar-refractivity contribution in [2.24, 2.45) is 0 Å². The van der Waals surface area contributed by atoms with E-state index in [1.165, 1.54) is 0 Å². The zero-order valence-electron chi connectivity index (χ0n) is 12.1. The lowest BCUT2D eigenvalue weighted by Crippen LogP contribution is -2.02. The summed E-state index contributed by atoms with van der Waals surface area (Å²) in [5, 5.41) is 23.7. The molecule has 2 N–H and O–H groups in total. The summed E-state index contributed by atoms with van der Waals surface area (Å²) in [6.07, 6.45) is 0.404. The number of aromatic hydroxyl groups is 1. The first kappa shape index (κ1) is 14.8. The fourth-order valence-corrected chi connectivity index (χ4v) is 2.14. The summed E-state index contributed by atoms with van der Waals surface area (Å²) in [4.78, 5) is 14.5. The molecule has 23 heavy (non-hydrogen) atoms. The third-order valence-electron chi connectivity index (χ3n) is 3.25. The SMILES string of the molecule is O=C(O)CCCOc1nc(-c2ccc3cc(O)ccc3c2)no1. The monoisotopic (exact) mass is 314 g/mol. The standard InChI is InChI=1S/C16H14N2O5/c19-13-6-5-10-8-12(4-3-11(10)9-13)15-17-16(23-18-15)22-7-1-2-14(20)21/h3-6,8-9,19H,1-2,7H2,(H,20,21). The first-order chi connectivity index (χ1) is 11.1. The number of rotatable bonds is 6. The minimum absolute atomic E-state index is 0.0104. The molecule has 0 aliphatic rings. The summed E-state index contributed by atoms with van der Waals surface area (Å²) in [5.74, 6) is -0.280. The van der Waals surface area contributed by atoms with Crippen LogP contribution < -0.4 is 4.74 Å². The second-order valence-corrected chi connectivity index (χ2v) is 4.98. The van der Waals surface area contributed by atoms with Gasteiger partial charge in [-0.2, -0.15) is 4.98 Å². The molecule has 0 saturated carbocycles. The van der Waals surface area contributed by atoms with E-state index in [0.29, 0.717) is 12.2 Å². The molecule has 0 atom stereocenters. The minimum Gasteiger partial charge on any atom is -0.508 e. The van der Waals surface area contributed by atoms with E-state index in [9.17, 15) is 9.90 Å². The van der Waals surface area contributed by atoms with Crippen molar-refractivity contribution in [3.8, 4) is 23.2 Å². The van der Waals surface area contributed by atoms with Gasteiger partial charge in [-0.3, -0.25) is 9.32 Å². The maximum absolute atomic E-state index is 10.4. The van der Waals surface area contributed by atoms with E-state index in [1.54, 1.807) is 18.2 Å². The van der Waals surface area contributed by atoms with Crippen molar-refractivity contribution in [3.63, 3.8) is 0 Å². The number of hydrogen-bond donors (Lipinski definition) is 2. The lowest BCUT2D eigenvalue weighted by molar-refractivity contribution is -0.137. The fourth-order valence-electron chi connectivity index (χ4n) is 2.14. The highest BCUT2D eigenvalue weighted by molar-refractivity contribution is 5.87. The molecule has 0 aliphatic carbocycles. The Balaban J connectivity index is 1.72. The van der Waals surface area contributed by atoms with E-state index in [0.717, 1.165) is 16.3 Å². The van der Waals surface area contributed by atoms with Crippen LogP contribution >= 0.6 is 0 Å². The van der Waals surface area contributed by atoms with Crippen LogP contribution in [0.4, 0.5) is 0 Å². The van der Waals surface area contributed by atoms with Gasteiger partial charge in [-0.15, -0.1) is 0 Å². The Morgan fingerprint density at radius 2 is 1.96 bits per heavy atom. The second-order valence-electron chi connectivity index (χ2n) is 4.98. The molecule has 1 heterocycles. The van der Waals surface area contributed by atoms with Gasteiger partial charge in [0.25, 0.3) is 0 Å². The average molecular weight is 314 g/mol. The van der Waals surface area contributed by atoms with E-state index in [4.69, 9.17) is 14.4 Å². The maximum atomic E-state index is 10.4. The van der Waals surface area contributed by atoms with Crippen LogP contribution in [0.15, 0.2) is 40.9 Å². The highest BCUT2D eigenvalue weighted by Crippen LogP contribution is 2.26. The average Bonchev–Trinajstić information content (AvgIpc) is 3.00. The van der Waals surface area contributed by atoms with Crippen molar-refractivity contribution in [2.45, 2.75) is 12.8 Å². The van der Waals surface area contributed by atoms with Crippen LogP contribution in [0, 0.1) is 0 Å². The minimum atomic E-state index is -0.873. The van der Waals surface area contributed by atoms with Crippen LogP contribution in [0.5, 0.6) is 11.8 Å². The van der Waals surface area contributed by atoms with Crippen molar-refractivity contribution >= 4 is 16.7 Å². The second kappa shape index (κ2) is 6.35. The third kappa shape index (κ3) is 3.57. The normalized spacial score (nSPS) is 10.8. The van der Waals surface area contributed by atoms with Crippen LogP contribution in [0.1, 0.15) is 12.8 Å². The topological polar surface area (TPSA) is 106 Å². The Morgan fingerprint density at radius 1 is 1.17 bits per heavy atom. The molecule has 0 amide bonds. The Labute approximate surface area is 131 Å². The van der Waals surface area contributed by atoms with Crippen LogP contribution in [0.25, 0.3) is 22.2 Å². The van der Waals surface area contributed by atoms with Gasteiger partial charge in [0.15, 0.2) is 0 Å². The molecule has 3 aromatic rings. The highest BCUT2D eigenvalue weighted by Gasteiger charge is 2.10. The van der Waals surface area contributed by atoms with Crippen LogP contribution in [-0.4, -0.2) is 32.9 Å². The van der Waals surface area contributed by atoms with Gasteiger partial charge in [0.2, 0.25) is 5.82 Å².